The highest BCUT2D eigenvalue weighted by Crippen LogP contribution is 2.00. The third-order valence-corrected chi connectivity index (χ3v) is 2.89. The Labute approximate surface area is 169 Å². The molecule has 28 heavy (non-hydrogen) atoms. The van der Waals surface area contributed by atoms with E-state index < -0.39 is 0 Å². The molecule has 0 amide bonds. The molecule has 0 aromatic heterocycles. The predicted octanol–water partition coefficient (Wildman–Crippen LogP) is 5.69. The maximum absolute atomic E-state index is 10.3. The van der Waals surface area contributed by atoms with Crippen molar-refractivity contribution in [2.45, 2.75) is 26.7 Å². The SMILES string of the molecule is C=C(C)C(=O)OC.C=CC(=O)OCCCC.C=CC=CC=Cc1ccccc1. The van der Waals surface area contributed by atoms with Gasteiger partial charge in [0.2, 0.25) is 0 Å². The first-order chi connectivity index (χ1) is 13.4. The first-order valence-electron chi connectivity index (χ1n) is 8.96. The Morgan fingerprint density at radius 2 is 1.71 bits per heavy atom. The fourth-order valence-electron chi connectivity index (χ4n) is 1.42. The molecular formula is C24H32O4. The van der Waals surface area contributed by atoms with Crippen molar-refractivity contribution in [2.24, 2.45) is 0 Å². The molecule has 0 aliphatic heterocycles. The largest absolute Gasteiger partial charge is 0.466 e. The van der Waals surface area contributed by atoms with Crippen molar-refractivity contribution >= 4 is 18.0 Å². The van der Waals surface area contributed by atoms with Crippen LogP contribution in [0.5, 0.6) is 0 Å². The molecule has 1 aromatic carbocycles. The van der Waals surface area contributed by atoms with Gasteiger partial charge in [0.1, 0.15) is 0 Å². The second-order valence-corrected chi connectivity index (χ2v) is 5.39. The number of rotatable bonds is 8. The normalized spacial score (nSPS) is 9.39. The standard InChI is InChI=1S/C12H12.C7H12O2.C5H8O2/c1-2-3-4-6-9-12-10-7-5-8-11-12;1-3-5-6-9-7(8)4-2;1-4(2)5(6)7-3/h2-11H,1H2;4H,2-3,5-6H2,1H3;1H2,2-3H3. The molecule has 0 unspecified atom stereocenters. The van der Waals surface area contributed by atoms with Gasteiger partial charge in [-0.3, -0.25) is 0 Å². The minimum atomic E-state index is -0.347. The molecule has 0 N–H and O–H groups in total. The molecule has 0 heterocycles. The third kappa shape index (κ3) is 19.2. The van der Waals surface area contributed by atoms with E-state index in [2.05, 4.69) is 47.4 Å². The molecule has 0 aliphatic carbocycles. The van der Waals surface area contributed by atoms with Crippen LogP contribution in [0.4, 0.5) is 0 Å². The summed E-state index contributed by atoms with van der Waals surface area (Å²) in [7, 11) is 1.33. The highest BCUT2D eigenvalue weighted by atomic mass is 16.5. The van der Waals surface area contributed by atoms with E-state index in [1.54, 1.807) is 13.0 Å². The van der Waals surface area contributed by atoms with Crippen molar-refractivity contribution in [1.29, 1.82) is 0 Å². The molecule has 0 saturated carbocycles. The number of methoxy groups -OCH3 is 1. The fraction of sp³-hybridized carbons (Fsp3) is 0.250. The van der Waals surface area contributed by atoms with Crippen molar-refractivity contribution < 1.29 is 19.1 Å². The smallest absolute Gasteiger partial charge is 0.332 e. The number of carbonyl (C=O) groups is 2. The quantitative estimate of drug-likeness (QED) is 0.250. The monoisotopic (exact) mass is 384 g/mol. The van der Waals surface area contributed by atoms with Gasteiger partial charge in [-0.15, -0.1) is 0 Å². The molecule has 0 fully saturated rings. The fourth-order valence-corrected chi connectivity index (χ4v) is 1.42. The second-order valence-electron chi connectivity index (χ2n) is 5.39. The zero-order chi connectivity index (χ0) is 21.6. The number of ether oxygens (including phenoxy) is 2. The molecule has 1 rings (SSSR count). The van der Waals surface area contributed by atoms with Crippen molar-refractivity contribution in [3.63, 3.8) is 0 Å². The number of hydrogen-bond donors (Lipinski definition) is 0. The lowest BCUT2D eigenvalue weighted by atomic mass is 10.2. The first-order valence-corrected chi connectivity index (χ1v) is 8.96. The van der Waals surface area contributed by atoms with Gasteiger partial charge in [-0.1, -0.05) is 93.8 Å². The van der Waals surface area contributed by atoms with Gasteiger partial charge in [0.05, 0.1) is 13.7 Å². The van der Waals surface area contributed by atoms with Crippen LogP contribution in [0, 0.1) is 0 Å². The summed E-state index contributed by atoms with van der Waals surface area (Å²) in [6.07, 6.45) is 12.8. The second kappa shape index (κ2) is 20.2. The molecule has 0 aliphatic rings. The summed E-state index contributed by atoms with van der Waals surface area (Å²) >= 11 is 0. The molecule has 4 nitrogen and oxygen atoms in total. The van der Waals surface area contributed by atoms with E-state index in [9.17, 15) is 9.59 Å². The zero-order valence-corrected chi connectivity index (χ0v) is 17.2. The average molecular weight is 385 g/mol. The van der Waals surface area contributed by atoms with Crippen LogP contribution in [0.1, 0.15) is 32.3 Å². The number of allylic oxidation sites excluding steroid dienone is 4. The van der Waals surface area contributed by atoms with Crippen LogP contribution in [-0.4, -0.2) is 25.7 Å². The van der Waals surface area contributed by atoms with Crippen molar-refractivity contribution in [3.8, 4) is 0 Å². The van der Waals surface area contributed by atoms with E-state index >= 15 is 0 Å². The molecule has 0 bridgehead atoms. The minimum absolute atomic E-state index is 0.330. The first kappa shape index (κ1) is 27.1. The molecule has 0 spiro atoms. The molecule has 4 heteroatoms. The van der Waals surface area contributed by atoms with E-state index in [4.69, 9.17) is 0 Å². The topological polar surface area (TPSA) is 52.6 Å². The summed E-state index contributed by atoms with van der Waals surface area (Å²) in [5, 5.41) is 0. The number of unbranched alkanes of at least 4 members (excludes halogenated alkanes) is 1. The lowest BCUT2D eigenvalue weighted by Gasteiger charge is -1.97. The molecule has 0 saturated heterocycles. The highest BCUT2D eigenvalue weighted by molar-refractivity contribution is 5.86. The van der Waals surface area contributed by atoms with Crippen LogP contribution in [0.2, 0.25) is 0 Å². The summed E-state index contributed by atoms with van der Waals surface area (Å²) < 4.78 is 8.95. The van der Waals surface area contributed by atoms with Gasteiger partial charge in [-0.05, 0) is 18.9 Å². The lowest BCUT2D eigenvalue weighted by molar-refractivity contribution is -0.138. The van der Waals surface area contributed by atoms with Crippen LogP contribution >= 0.6 is 0 Å². The van der Waals surface area contributed by atoms with Crippen LogP contribution in [0.15, 0.2) is 86.0 Å². The van der Waals surface area contributed by atoms with Crippen LogP contribution in [0.3, 0.4) is 0 Å². The van der Waals surface area contributed by atoms with Gasteiger partial charge >= 0.3 is 11.9 Å². The Balaban J connectivity index is 0. The van der Waals surface area contributed by atoms with E-state index in [0.29, 0.717) is 12.2 Å². The molecular weight excluding hydrogens is 352 g/mol. The average Bonchev–Trinajstić information content (AvgIpc) is 2.72. The predicted molar refractivity (Wildman–Crippen MR) is 118 cm³/mol. The van der Waals surface area contributed by atoms with E-state index in [1.165, 1.54) is 18.7 Å². The van der Waals surface area contributed by atoms with E-state index in [1.807, 2.05) is 43.4 Å². The summed E-state index contributed by atoms with van der Waals surface area (Å²) in [5.41, 5.74) is 1.65. The Bertz CT molecular complexity index is 640. The number of esters is 2. The highest BCUT2D eigenvalue weighted by Gasteiger charge is 1.95. The van der Waals surface area contributed by atoms with Crippen molar-refractivity contribution in [2.75, 3.05) is 13.7 Å². The summed E-state index contributed by atoms with van der Waals surface area (Å²) in [5.74, 6) is -0.677. The van der Waals surface area contributed by atoms with Gasteiger partial charge < -0.3 is 9.47 Å². The van der Waals surface area contributed by atoms with Crippen LogP contribution in [0.25, 0.3) is 6.08 Å². The molecule has 0 atom stereocenters. The van der Waals surface area contributed by atoms with Crippen LogP contribution < -0.4 is 0 Å². The molecule has 152 valence electrons. The van der Waals surface area contributed by atoms with Gasteiger partial charge in [0, 0.05) is 11.6 Å². The van der Waals surface area contributed by atoms with Gasteiger partial charge in [0.15, 0.2) is 0 Å². The van der Waals surface area contributed by atoms with Gasteiger partial charge in [0.25, 0.3) is 0 Å². The minimum Gasteiger partial charge on any atom is -0.466 e. The van der Waals surface area contributed by atoms with Gasteiger partial charge in [-0.2, -0.15) is 0 Å². The summed E-state index contributed by atoms with van der Waals surface area (Å²) in [6.45, 7) is 14.4. The zero-order valence-electron chi connectivity index (χ0n) is 17.2. The van der Waals surface area contributed by atoms with Crippen molar-refractivity contribution in [3.05, 3.63) is 91.6 Å². The van der Waals surface area contributed by atoms with Crippen molar-refractivity contribution in [1.82, 2.24) is 0 Å². The van der Waals surface area contributed by atoms with E-state index in [-0.39, 0.29) is 11.9 Å². The Hall–Kier alpha value is -3.14. The molecule has 1 aromatic rings. The van der Waals surface area contributed by atoms with E-state index in [0.717, 1.165) is 12.8 Å². The van der Waals surface area contributed by atoms with Gasteiger partial charge in [-0.25, -0.2) is 9.59 Å². The maximum Gasteiger partial charge on any atom is 0.332 e. The van der Waals surface area contributed by atoms with Crippen LogP contribution in [-0.2, 0) is 19.1 Å². The lowest BCUT2D eigenvalue weighted by Crippen LogP contribution is -2.00. The summed E-state index contributed by atoms with van der Waals surface area (Å²) in [6, 6.07) is 10.2. The number of hydrogen-bond acceptors (Lipinski definition) is 4. The number of benzene rings is 1. The number of carbonyl (C=O) groups excluding carboxylic acids is 2. The molecule has 0 radical (unpaired) electrons. The maximum atomic E-state index is 10.3. The summed E-state index contributed by atoms with van der Waals surface area (Å²) in [4.78, 5) is 20.5. The Kier molecular flexibility index (Phi) is 19.5. The Morgan fingerprint density at radius 1 is 1.07 bits per heavy atom. The Morgan fingerprint density at radius 3 is 2.14 bits per heavy atom. The third-order valence-electron chi connectivity index (χ3n) is 2.89.